The molecule has 1 aliphatic rings. The van der Waals surface area contributed by atoms with E-state index < -0.39 is 10.0 Å². The fourth-order valence-electron chi connectivity index (χ4n) is 0.642. The fraction of sp³-hybridized carbons (Fsp3) is 0.750. The molecule has 0 saturated carbocycles. The lowest BCUT2D eigenvalue weighted by Crippen LogP contribution is -2.35. The van der Waals surface area contributed by atoms with Gasteiger partial charge < -0.3 is 0 Å². The first-order chi connectivity index (χ1) is 4.10. The lowest BCUT2D eigenvalue weighted by Gasteiger charge is -2.10. The van der Waals surface area contributed by atoms with E-state index in [4.69, 9.17) is 0 Å². The second-order valence-electron chi connectivity index (χ2n) is 1.89. The highest BCUT2D eigenvalue weighted by Gasteiger charge is 2.13. The molecule has 0 amide bonds. The highest BCUT2D eigenvalue weighted by Crippen LogP contribution is 1.92. The normalized spacial score (nSPS) is 24.3. The maximum atomic E-state index is 10.7. The summed E-state index contributed by atoms with van der Waals surface area (Å²) in [7, 11) is -3.01. The van der Waals surface area contributed by atoms with E-state index in [1.165, 1.54) is 0 Å². The molecule has 1 aliphatic heterocycles. The van der Waals surface area contributed by atoms with Gasteiger partial charge in [-0.25, -0.2) is 8.42 Å². The maximum absolute atomic E-state index is 10.7. The van der Waals surface area contributed by atoms with E-state index in [2.05, 4.69) is 9.71 Å². The van der Waals surface area contributed by atoms with Gasteiger partial charge in [-0.1, -0.05) is 0 Å². The maximum Gasteiger partial charge on any atom is 0.235 e. The number of nitrogens with zero attached hydrogens (tertiary/aromatic N) is 1. The molecule has 52 valence electrons. The zero-order valence-corrected chi connectivity index (χ0v) is 5.90. The van der Waals surface area contributed by atoms with Crippen LogP contribution in [-0.2, 0) is 10.0 Å². The number of hydrogen-bond donors (Lipinski definition) is 1. The van der Waals surface area contributed by atoms with Crippen LogP contribution in [0.5, 0.6) is 0 Å². The van der Waals surface area contributed by atoms with Gasteiger partial charge in [-0.3, -0.25) is 9.71 Å². The molecular weight excluding hydrogens is 140 g/mol. The predicted molar refractivity (Wildman–Crippen MR) is 34.9 cm³/mol. The van der Waals surface area contributed by atoms with Crippen molar-refractivity contribution in [1.82, 2.24) is 4.72 Å². The quantitative estimate of drug-likeness (QED) is 0.495. The van der Waals surface area contributed by atoms with Crippen molar-refractivity contribution in [2.75, 3.05) is 12.3 Å². The van der Waals surface area contributed by atoms with Crippen molar-refractivity contribution >= 4 is 15.9 Å². The molecule has 1 rings (SSSR count). The molecule has 0 spiro atoms. The first-order valence-corrected chi connectivity index (χ1v) is 4.27. The summed E-state index contributed by atoms with van der Waals surface area (Å²) in [5.74, 6) is 0.603. The Labute approximate surface area is 54.0 Å². The molecule has 0 aromatic heterocycles. The monoisotopic (exact) mass is 148 g/mol. The Bertz CT molecular complexity index is 229. The Morgan fingerprint density at radius 3 is 2.67 bits per heavy atom. The van der Waals surface area contributed by atoms with Crippen LogP contribution >= 0.6 is 0 Å². The Hall–Kier alpha value is -0.580. The van der Waals surface area contributed by atoms with Gasteiger partial charge in [0.1, 0.15) is 5.84 Å². The lowest BCUT2D eigenvalue weighted by molar-refractivity contribution is 0.590. The van der Waals surface area contributed by atoms with Gasteiger partial charge in [-0.05, 0) is 6.92 Å². The molecule has 0 aromatic carbocycles. The van der Waals surface area contributed by atoms with E-state index in [1.807, 2.05) is 0 Å². The molecular formula is C4H8N2O2S. The van der Waals surface area contributed by atoms with Crippen molar-refractivity contribution in [3.8, 4) is 0 Å². The summed E-state index contributed by atoms with van der Waals surface area (Å²) < 4.78 is 23.6. The smallest absolute Gasteiger partial charge is 0.235 e. The SMILES string of the molecule is CC1=NCCS(=O)(=O)N1. The average Bonchev–Trinajstić information content (AvgIpc) is 1.60. The molecule has 9 heavy (non-hydrogen) atoms. The molecule has 0 fully saturated rings. The summed E-state index contributed by atoms with van der Waals surface area (Å²) in [5.41, 5.74) is 0. The molecule has 4 nitrogen and oxygen atoms in total. The predicted octanol–water partition coefficient (Wildman–Crippen LogP) is -0.662. The number of rotatable bonds is 0. The van der Waals surface area contributed by atoms with Crippen molar-refractivity contribution < 1.29 is 8.42 Å². The van der Waals surface area contributed by atoms with Gasteiger partial charge in [0, 0.05) is 0 Å². The molecule has 0 radical (unpaired) electrons. The molecule has 0 bridgehead atoms. The molecule has 0 aromatic rings. The molecule has 1 N–H and O–H groups in total. The third kappa shape index (κ3) is 1.67. The first-order valence-electron chi connectivity index (χ1n) is 2.62. The second kappa shape index (κ2) is 1.98. The van der Waals surface area contributed by atoms with Gasteiger partial charge in [0.25, 0.3) is 0 Å². The van der Waals surface area contributed by atoms with Crippen LogP contribution < -0.4 is 4.72 Å². The standard InChI is InChI=1S/C4H8N2O2S/c1-4-5-2-3-9(7,8)6-4/h2-3H2,1H3,(H,5,6). The number of nitrogens with one attached hydrogen (secondary N) is 1. The molecule has 0 atom stereocenters. The second-order valence-corrected chi connectivity index (χ2v) is 3.73. The number of hydrogen-bond acceptors (Lipinski definition) is 3. The van der Waals surface area contributed by atoms with Gasteiger partial charge in [-0.2, -0.15) is 0 Å². The van der Waals surface area contributed by atoms with E-state index in [0.29, 0.717) is 12.4 Å². The van der Waals surface area contributed by atoms with Crippen LogP contribution in [0.1, 0.15) is 6.92 Å². The first kappa shape index (κ1) is 6.54. The third-order valence-electron chi connectivity index (χ3n) is 1.01. The van der Waals surface area contributed by atoms with Gasteiger partial charge in [0.15, 0.2) is 0 Å². The molecule has 1 heterocycles. The summed E-state index contributed by atoms with van der Waals surface area (Å²) in [6.07, 6.45) is 0. The van der Waals surface area contributed by atoms with E-state index >= 15 is 0 Å². The van der Waals surface area contributed by atoms with E-state index in [1.54, 1.807) is 6.92 Å². The molecule has 0 aliphatic carbocycles. The highest BCUT2D eigenvalue weighted by atomic mass is 32.2. The van der Waals surface area contributed by atoms with Gasteiger partial charge in [0.05, 0.1) is 12.3 Å². The third-order valence-corrected chi connectivity index (χ3v) is 2.34. The van der Waals surface area contributed by atoms with Crippen LogP contribution in [0.3, 0.4) is 0 Å². The fourth-order valence-corrected chi connectivity index (χ4v) is 1.59. The zero-order valence-electron chi connectivity index (χ0n) is 5.09. The Balaban J connectivity index is 2.83. The van der Waals surface area contributed by atoms with Crippen molar-refractivity contribution in [3.05, 3.63) is 0 Å². The Kier molecular flexibility index (Phi) is 1.44. The van der Waals surface area contributed by atoms with Gasteiger partial charge >= 0.3 is 0 Å². The van der Waals surface area contributed by atoms with Crippen LogP contribution in [-0.4, -0.2) is 26.6 Å². The largest absolute Gasteiger partial charge is 0.271 e. The van der Waals surface area contributed by atoms with E-state index in [-0.39, 0.29) is 5.75 Å². The van der Waals surface area contributed by atoms with Gasteiger partial charge in [-0.15, -0.1) is 0 Å². The number of sulfonamides is 1. The van der Waals surface area contributed by atoms with Gasteiger partial charge in [0.2, 0.25) is 10.0 Å². The minimum atomic E-state index is -3.01. The summed E-state index contributed by atoms with van der Waals surface area (Å²) in [6.45, 7) is 2.03. The van der Waals surface area contributed by atoms with Crippen LogP contribution in [0.15, 0.2) is 4.99 Å². The Morgan fingerprint density at radius 1 is 1.67 bits per heavy atom. The Morgan fingerprint density at radius 2 is 2.33 bits per heavy atom. The summed E-state index contributed by atoms with van der Waals surface area (Å²) in [5, 5.41) is 0. The number of aliphatic imine (C=N–C) groups is 1. The summed E-state index contributed by atoms with van der Waals surface area (Å²) in [6, 6.07) is 0. The van der Waals surface area contributed by atoms with E-state index in [9.17, 15) is 8.42 Å². The number of amidine groups is 1. The minimum Gasteiger partial charge on any atom is -0.271 e. The topological polar surface area (TPSA) is 58.5 Å². The van der Waals surface area contributed by atoms with Crippen molar-refractivity contribution in [3.63, 3.8) is 0 Å². The lowest BCUT2D eigenvalue weighted by atomic mass is 10.7. The summed E-state index contributed by atoms with van der Waals surface area (Å²) >= 11 is 0. The molecule has 5 heteroatoms. The molecule has 0 saturated heterocycles. The summed E-state index contributed by atoms with van der Waals surface area (Å²) in [4.78, 5) is 3.85. The van der Waals surface area contributed by atoms with Crippen molar-refractivity contribution in [1.29, 1.82) is 0 Å². The average molecular weight is 148 g/mol. The van der Waals surface area contributed by atoms with Crippen molar-refractivity contribution in [2.24, 2.45) is 4.99 Å². The van der Waals surface area contributed by atoms with Crippen molar-refractivity contribution in [2.45, 2.75) is 6.92 Å². The van der Waals surface area contributed by atoms with E-state index in [0.717, 1.165) is 0 Å². The van der Waals surface area contributed by atoms with Crippen LogP contribution in [0.2, 0.25) is 0 Å². The highest BCUT2D eigenvalue weighted by molar-refractivity contribution is 7.90. The zero-order chi connectivity index (χ0) is 6.91. The van der Waals surface area contributed by atoms with Crippen LogP contribution in [0, 0.1) is 0 Å². The van der Waals surface area contributed by atoms with Crippen LogP contribution in [0.25, 0.3) is 0 Å². The molecule has 0 unspecified atom stereocenters. The minimum absolute atomic E-state index is 0.115. The van der Waals surface area contributed by atoms with Crippen LogP contribution in [0.4, 0.5) is 0 Å².